The Morgan fingerprint density at radius 1 is 1.42 bits per heavy atom. The van der Waals surface area contributed by atoms with Crippen LogP contribution in [0.1, 0.15) is 12.5 Å². The summed E-state index contributed by atoms with van der Waals surface area (Å²) in [6, 6.07) is 6.43. The van der Waals surface area contributed by atoms with E-state index < -0.39 is 0 Å². The van der Waals surface area contributed by atoms with Crippen LogP contribution < -0.4 is 0 Å². The van der Waals surface area contributed by atoms with E-state index in [1.54, 1.807) is 0 Å². The molecule has 0 N–H and O–H groups in total. The summed E-state index contributed by atoms with van der Waals surface area (Å²) in [4.78, 5) is 0. The molecular weight excluding hydrogens is 148 g/mol. The summed E-state index contributed by atoms with van der Waals surface area (Å²) in [5.41, 5.74) is 2.44. The summed E-state index contributed by atoms with van der Waals surface area (Å²) >= 11 is 0. The van der Waals surface area contributed by atoms with Crippen molar-refractivity contribution in [2.75, 3.05) is 0 Å². The minimum Gasteiger partial charge on any atom is -0.275 e. The minimum atomic E-state index is 1.08. The van der Waals surface area contributed by atoms with Crippen LogP contribution in [0.25, 0.3) is 10.9 Å². The highest BCUT2D eigenvalue weighted by molar-refractivity contribution is 5.78. The van der Waals surface area contributed by atoms with E-state index in [0.29, 0.717) is 0 Å². The fraction of sp³-hybridized carbons (Fsp3) is 0.300. The average molecular weight is 160 g/mol. The molecule has 0 aliphatic heterocycles. The molecule has 1 aromatic carbocycles. The lowest BCUT2D eigenvalue weighted by Gasteiger charge is -1.93. The van der Waals surface area contributed by atoms with Gasteiger partial charge in [-0.3, -0.25) is 4.68 Å². The average Bonchev–Trinajstić information content (AvgIpc) is 2.43. The van der Waals surface area contributed by atoms with E-state index in [9.17, 15) is 0 Å². The molecule has 0 bridgehead atoms. The van der Waals surface area contributed by atoms with Crippen molar-refractivity contribution >= 4 is 10.9 Å². The SMILES string of the molecule is CCc1ccc2cn(C)nc2c1. The van der Waals surface area contributed by atoms with Gasteiger partial charge >= 0.3 is 0 Å². The van der Waals surface area contributed by atoms with Crippen molar-refractivity contribution in [3.63, 3.8) is 0 Å². The zero-order valence-electron chi connectivity index (χ0n) is 7.41. The van der Waals surface area contributed by atoms with Crippen LogP contribution >= 0.6 is 0 Å². The zero-order chi connectivity index (χ0) is 8.55. The number of benzene rings is 1. The standard InChI is InChI=1S/C10H12N2/c1-3-8-4-5-9-7-12(2)11-10(9)6-8/h4-7H,3H2,1-2H3. The maximum absolute atomic E-state index is 4.34. The van der Waals surface area contributed by atoms with Gasteiger partial charge in [0.1, 0.15) is 0 Å². The van der Waals surface area contributed by atoms with E-state index in [0.717, 1.165) is 11.9 Å². The first-order valence-electron chi connectivity index (χ1n) is 4.22. The molecule has 12 heavy (non-hydrogen) atoms. The van der Waals surface area contributed by atoms with Crippen LogP contribution in [-0.2, 0) is 13.5 Å². The van der Waals surface area contributed by atoms with Crippen LogP contribution in [0, 0.1) is 0 Å². The molecule has 0 saturated heterocycles. The van der Waals surface area contributed by atoms with Crippen molar-refractivity contribution < 1.29 is 0 Å². The van der Waals surface area contributed by atoms with Gasteiger partial charge in [-0.2, -0.15) is 5.10 Å². The van der Waals surface area contributed by atoms with Crippen molar-refractivity contribution in [3.05, 3.63) is 30.0 Å². The van der Waals surface area contributed by atoms with Crippen LogP contribution in [0.15, 0.2) is 24.4 Å². The van der Waals surface area contributed by atoms with Crippen LogP contribution in [0.3, 0.4) is 0 Å². The first-order valence-corrected chi connectivity index (χ1v) is 4.22. The van der Waals surface area contributed by atoms with E-state index in [1.807, 2.05) is 17.9 Å². The van der Waals surface area contributed by atoms with Crippen molar-refractivity contribution in [1.82, 2.24) is 9.78 Å². The largest absolute Gasteiger partial charge is 0.275 e. The van der Waals surface area contributed by atoms with Gasteiger partial charge < -0.3 is 0 Å². The van der Waals surface area contributed by atoms with E-state index in [-0.39, 0.29) is 0 Å². The van der Waals surface area contributed by atoms with Gasteiger partial charge in [0.25, 0.3) is 0 Å². The Labute approximate surface area is 71.8 Å². The summed E-state index contributed by atoms with van der Waals surface area (Å²) in [5, 5.41) is 5.56. The Balaban J connectivity index is 2.66. The smallest absolute Gasteiger partial charge is 0.0925 e. The van der Waals surface area contributed by atoms with Crippen LogP contribution in [0.5, 0.6) is 0 Å². The Bertz CT molecular complexity index is 401. The fourth-order valence-corrected chi connectivity index (χ4v) is 1.41. The molecule has 2 heteroatoms. The molecule has 0 saturated carbocycles. The molecule has 1 heterocycles. The van der Waals surface area contributed by atoms with E-state index >= 15 is 0 Å². The van der Waals surface area contributed by atoms with Gasteiger partial charge in [-0.1, -0.05) is 19.1 Å². The Kier molecular flexibility index (Phi) is 1.61. The molecule has 0 atom stereocenters. The maximum atomic E-state index is 4.34. The second kappa shape index (κ2) is 2.63. The number of hydrogen-bond donors (Lipinski definition) is 0. The van der Waals surface area contributed by atoms with E-state index in [4.69, 9.17) is 0 Å². The zero-order valence-corrected chi connectivity index (χ0v) is 7.41. The lowest BCUT2D eigenvalue weighted by molar-refractivity contribution is 0.779. The number of aryl methyl sites for hydroxylation is 2. The molecule has 2 nitrogen and oxygen atoms in total. The molecule has 0 aliphatic rings. The second-order valence-corrected chi connectivity index (χ2v) is 3.05. The van der Waals surface area contributed by atoms with Gasteiger partial charge in [-0.15, -0.1) is 0 Å². The van der Waals surface area contributed by atoms with Gasteiger partial charge in [-0.05, 0) is 18.1 Å². The monoisotopic (exact) mass is 160 g/mol. The third kappa shape index (κ3) is 1.09. The van der Waals surface area contributed by atoms with Gasteiger partial charge in [0.2, 0.25) is 0 Å². The van der Waals surface area contributed by atoms with Gasteiger partial charge in [0.05, 0.1) is 5.52 Å². The second-order valence-electron chi connectivity index (χ2n) is 3.05. The van der Waals surface area contributed by atoms with Crippen molar-refractivity contribution in [1.29, 1.82) is 0 Å². The summed E-state index contributed by atoms with van der Waals surface area (Å²) in [6.07, 6.45) is 3.11. The molecular formula is C10H12N2. The highest BCUT2D eigenvalue weighted by Gasteiger charge is 1.97. The number of aromatic nitrogens is 2. The summed E-state index contributed by atoms with van der Waals surface area (Å²) in [5.74, 6) is 0. The Morgan fingerprint density at radius 3 is 3.00 bits per heavy atom. The normalized spacial score (nSPS) is 10.8. The third-order valence-electron chi connectivity index (χ3n) is 2.09. The Morgan fingerprint density at radius 2 is 2.25 bits per heavy atom. The third-order valence-corrected chi connectivity index (χ3v) is 2.09. The molecule has 0 aliphatic carbocycles. The lowest BCUT2D eigenvalue weighted by atomic mass is 10.1. The van der Waals surface area contributed by atoms with Crippen molar-refractivity contribution in [2.45, 2.75) is 13.3 Å². The van der Waals surface area contributed by atoms with Crippen LogP contribution in [-0.4, -0.2) is 9.78 Å². The summed E-state index contributed by atoms with van der Waals surface area (Å²) < 4.78 is 1.85. The van der Waals surface area contributed by atoms with E-state index in [2.05, 4.69) is 30.2 Å². The molecule has 1 aromatic heterocycles. The first-order chi connectivity index (χ1) is 5.79. The quantitative estimate of drug-likeness (QED) is 0.625. The highest BCUT2D eigenvalue weighted by Crippen LogP contribution is 2.13. The molecule has 2 rings (SSSR count). The molecule has 0 radical (unpaired) electrons. The molecule has 0 fully saturated rings. The number of fused-ring (bicyclic) bond motifs is 1. The van der Waals surface area contributed by atoms with Crippen LogP contribution in [0.4, 0.5) is 0 Å². The Hall–Kier alpha value is -1.31. The first kappa shape index (κ1) is 7.35. The molecule has 2 aromatic rings. The van der Waals surface area contributed by atoms with Crippen molar-refractivity contribution in [3.8, 4) is 0 Å². The van der Waals surface area contributed by atoms with Crippen LogP contribution in [0.2, 0.25) is 0 Å². The summed E-state index contributed by atoms with van der Waals surface area (Å²) in [6.45, 7) is 2.16. The maximum Gasteiger partial charge on any atom is 0.0925 e. The van der Waals surface area contributed by atoms with Gasteiger partial charge in [0.15, 0.2) is 0 Å². The topological polar surface area (TPSA) is 17.8 Å². The molecule has 62 valence electrons. The predicted octanol–water partition coefficient (Wildman–Crippen LogP) is 2.14. The summed E-state index contributed by atoms with van der Waals surface area (Å²) in [7, 11) is 1.95. The molecule has 0 unspecified atom stereocenters. The lowest BCUT2D eigenvalue weighted by Crippen LogP contribution is -1.85. The van der Waals surface area contributed by atoms with E-state index in [1.165, 1.54) is 10.9 Å². The van der Waals surface area contributed by atoms with Crippen molar-refractivity contribution in [2.24, 2.45) is 7.05 Å². The van der Waals surface area contributed by atoms with Gasteiger partial charge in [0, 0.05) is 18.6 Å². The number of nitrogens with zero attached hydrogens (tertiary/aromatic N) is 2. The molecule has 0 amide bonds. The number of hydrogen-bond acceptors (Lipinski definition) is 1. The predicted molar refractivity (Wildman–Crippen MR) is 50.1 cm³/mol. The number of rotatable bonds is 1. The fourth-order valence-electron chi connectivity index (χ4n) is 1.41. The molecule has 0 spiro atoms. The van der Waals surface area contributed by atoms with Gasteiger partial charge in [-0.25, -0.2) is 0 Å². The highest BCUT2D eigenvalue weighted by atomic mass is 15.2. The minimum absolute atomic E-state index is 1.08.